The number of aromatic nitrogens is 1. The Labute approximate surface area is 112 Å². The highest BCUT2D eigenvalue weighted by Crippen LogP contribution is 2.09. The van der Waals surface area contributed by atoms with Crippen LogP contribution in [0.15, 0.2) is 18.3 Å². The molecule has 1 aliphatic heterocycles. The molecule has 2 heterocycles. The van der Waals surface area contributed by atoms with Crippen LogP contribution in [0.2, 0.25) is 0 Å². The third-order valence-electron chi connectivity index (χ3n) is 3.28. The molecule has 1 aliphatic rings. The van der Waals surface area contributed by atoms with E-state index in [0.717, 1.165) is 0 Å². The van der Waals surface area contributed by atoms with Gasteiger partial charge in [-0.3, -0.25) is 14.6 Å². The maximum Gasteiger partial charge on any atom is 0.254 e. The molecular formula is C13H18N4O2. The monoisotopic (exact) mass is 262 g/mol. The van der Waals surface area contributed by atoms with Crippen molar-refractivity contribution >= 4 is 11.8 Å². The van der Waals surface area contributed by atoms with E-state index in [0.29, 0.717) is 44.0 Å². The number of hydrogen-bond acceptors (Lipinski definition) is 4. The normalized spacial score (nSPS) is 15.5. The highest BCUT2D eigenvalue weighted by Gasteiger charge is 2.23. The summed E-state index contributed by atoms with van der Waals surface area (Å²) < 4.78 is 0. The molecule has 1 aromatic heterocycles. The molecule has 6 heteroatoms. The number of nitrogens with zero attached hydrogens (tertiary/aromatic N) is 3. The van der Waals surface area contributed by atoms with E-state index in [2.05, 4.69) is 4.98 Å². The molecule has 0 aliphatic carbocycles. The van der Waals surface area contributed by atoms with Crippen molar-refractivity contribution in [3.8, 4) is 0 Å². The number of amides is 2. The summed E-state index contributed by atoms with van der Waals surface area (Å²) in [6, 6.07) is 3.42. The maximum absolute atomic E-state index is 12.3. The fraction of sp³-hybridized carbons (Fsp3) is 0.462. The van der Waals surface area contributed by atoms with Gasteiger partial charge in [0.05, 0.1) is 5.69 Å². The molecule has 1 saturated heterocycles. The van der Waals surface area contributed by atoms with Crippen molar-refractivity contribution in [2.24, 2.45) is 5.73 Å². The molecule has 6 nitrogen and oxygen atoms in total. The van der Waals surface area contributed by atoms with Gasteiger partial charge in [0.2, 0.25) is 5.91 Å². The summed E-state index contributed by atoms with van der Waals surface area (Å²) in [7, 11) is 0. The lowest BCUT2D eigenvalue weighted by atomic mass is 10.2. The van der Waals surface area contributed by atoms with Gasteiger partial charge in [0.25, 0.3) is 5.91 Å². The van der Waals surface area contributed by atoms with E-state index < -0.39 is 0 Å². The fourth-order valence-corrected chi connectivity index (χ4v) is 2.13. The van der Waals surface area contributed by atoms with Crippen LogP contribution in [0, 0.1) is 0 Å². The molecule has 102 valence electrons. The average Bonchev–Trinajstić information content (AvgIpc) is 2.46. The van der Waals surface area contributed by atoms with E-state index >= 15 is 0 Å². The predicted molar refractivity (Wildman–Crippen MR) is 70.3 cm³/mol. The SMILES string of the molecule is CC(=O)N1CCN(C(=O)c2ccnc(CN)c2)CC1. The largest absolute Gasteiger partial charge is 0.339 e. The molecular weight excluding hydrogens is 244 g/mol. The molecule has 2 N–H and O–H groups in total. The number of carbonyl (C=O) groups excluding carboxylic acids is 2. The Balaban J connectivity index is 2.02. The molecule has 2 rings (SSSR count). The lowest BCUT2D eigenvalue weighted by molar-refractivity contribution is -0.130. The van der Waals surface area contributed by atoms with Crippen LogP contribution in [0.5, 0.6) is 0 Å². The number of piperazine rings is 1. The lowest BCUT2D eigenvalue weighted by Gasteiger charge is -2.34. The van der Waals surface area contributed by atoms with Crippen molar-refractivity contribution in [1.29, 1.82) is 0 Å². The summed E-state index contributed by atoms with van der Waals surface area (Å²) in [6.45, 7) is 4.19. The van der Waals surface area contributed by atoms with Gasteiger partial charge in [0.15, 0.2) is 0 Å². The number of rotatable bonds is 2. The maximum atomic E-state index is 12.3. The van der Waals surface area contributed by atoms with Gasteiger partial charge in [-0.05, 0) is 12.1 Å². The van der Waals surface area contributed by atoms with E-state index in [1.54, 1.807) is 35.1 Å². The average molecular weight is 262 g/mol. The van der Waals surface area contributed by atoms with E-state index in [4.69, 9.17) is 5.73 Å². The Morgan fingerprint density at radius 2 is 1.89 bits per heavy atom. The second-order valence-electron chi connectivity index (χ2n) is 4.54. The molecule has 0 aromatic carbocycles. The number of carbonyl (C=O) groups is 2. The molecule has 0 saturated carbocycles. The fourth-order valence-electron chi connectivity index (χ4n) is 2.13. The zero-order chi connectivity index (χ0) is 13.8. The summed E-state index contributed by atoms with van der Waals surface area (Å²) in [5, 5.41) is 0. The molecule has 0 unspecified atom stereocenters. The number of hydrogen-bond donors (Lipinski definition) is 1. The molecule has 2 amide bonds. The summed E-state index contributed by atoms with van der Waals surface area (Å²) >= 11 is 0. The van der Waals surface area contributed by atoms with Crippen molar-refractivity contribution < 1.29 is 9.59 Å². The van der Waals surface area contributed by atoms with Crippen LogP contribution in [0.4, 0.5) is 0 Å². The Kier molecular flexibility index (Phi) is 4.11. The van der Waals surface area contributed by atoms with Crippen LogP contribution < -0.4 is 5.73 Å². The number of nitrogens with two attached hydrogens (primary N) is 1. The summed E-state index contributed by atoms with van der Waals surface area (Å²) in [6.07, 6.45) is 1.60. The van der Waals surface area contributed by atoms with Gasteiger partial charge in [-0.25, -0.2) is 0 Å². The van der Waals surface area contributed by atoms with Crippen LogP contribution in [0.25, 0.3) is 0 Å². The first-order chi connectivity index (χ1) is 9.11. The Morgan fingerprint density at radius 1 is 1.26 bits per heavy atom. The molecule has 0 spiro atoms. The lowest BCUT2D eigenvalue weighted by Crippen LogP contribution is -2.50. The van der Waals surface area contributed by atoms with Crippen LogP contribution in [-0.2, 0) is 11.3 Å². The highest BCUT2D eigenvalue weighted by atomic mass is 16.2. The van der Waals surface area contributed by atoms with Crippen molar-refractivity contribution in [2.45, 2.75) is 13.5 Å². The van der Waals surface area contributed by atoms with Crippen molar-refractivity contribution in [2.75, 3.05) is 26.2 Å². The number of pyridine rings is 1. The smallest absolute Gasteiger partial charge is 0.254 e. The third-order valence-corrected chi connectivity index (χ3v) is 3.28. The molecule has 0 atom stereocenters. The minimum atomic E-state index is -0.0275. The van der Waals surface area contributed by atoms with Gasteiger partial charge in [0.1, 0.15) is 0 Å². The minimum absolute atomic E-state index is 0.0275. The Hall–Kier alpha value is -1.95. The van der Waals surface area contributed by atoms with E-state index in [9.17, 15) is 9.59 Å². The van der Waals surface area contributed by atoms with Gasteiger partial charge in [-0.15, -0.1) is 0 Å². The zero-order valence-corrected chi connectivity index (χ0v) is 11.0. The summed E-state index contributed by atoms with van der Waals surface area (Å²) in [5.41, 5.74) is 6.82. The van der Waals surface area contributed by atoms with Crippen molar-refractivity contribution in [3.05, 3.63) is 29.6 Å². The van der Waals surface area contributed by atoms with E-state index in [-0.39, 0.29) is 11.8 Å². The summed E-state index contributed by atoms with van der Waals surface area (Å²) in [4.78, 5) is 31.1. The van der Waals surface area contributed by atoms with Gasteiger partial charge >= 0.3 is 0 Å². The van der Waals surface area contributed by atoms with Gasteiger partial charge in [0, 0.05) is 51.4 Å². The van der Waals surface area contributed by atoms with Crippen LogP contribution in [0.1, 0.15) is 23.0 Å². The van der Waals surface area contributed by atoms with E-state index in [1.165, 1.54) is 0 Å². The van der Waals surface area contributed by atoms with Crippen LogP contribution >= 0.6 is 0 Å². The topological polar surface area (TPSA) is 79.5 Å². The third kappa shape index (κ3) is 3.08. The molecule has 1 aromatic rings. The van der Waals surface area contributed by atoms with Gasteiger partial charge < -0.3 is 15.5 Å². The standard InChI is InChI=1S/C13H18N4O2/c1-10(18)16-4-6-17(7-5-16)13(19)11-2-3-15-12(8-11)9-14/h2-3,8H,4-7,9,14H2,1H3. The Morgan fingerprint density at radius 3 is 2.47 bits per heavy atom. The second-order valence-corrected chi connectivity index (χ2v) is 4.54. The predicted octanol–water partition coefficient (Wildman–Crippen LogP) is -0.155. The van der Waals surface area contributed by atoms with Crippen molar-refractivity contribution in [3.63, 3.8) is 0 Å². The van der Waals surface area contributed by atoms with Crippen LogP contribution in [0.3, 0.4) is 0 Å². The first kappa shape index (κ1) is 13.5. The highest BCUT2D eigenvalue weighted by molar-refractivity contribution is 5.94. The molecule has 1 fully saturated rings. The van der Waals surface area contributed by atoms with E-state index in [1.807, 2.05) is 0 Å². The second kappa shape index (κ2) is 5.79. The minimum Gasteiger partial charge on any atom is -0.339 e. The Bertz CT molecular complexity index is 481. The van der Waals surface area contributed by atoms with Crippen molar-refractivity contribution in [1.82, 2.24) is 14.8 Å². The molecule has 19 heavy (non-hydrogen) atoms. The first-order valence-electron chi connectivity index (χ1n) is 6.31. The summed E-state index contributed by atoms with van der Waals surface area (Å²) in [5.74, 6) is 0.0294. The molecule has 0 radical (unpaired) electrons. The molecule has 0 bridgehead atoms. The van der Waals surface area contributed by atoms with Gasteiger partial charge in [-0.1, -0.05) is 0 Å². The van der Waals surface area contributed by atoms with Gasteiger partial charge in [-0.2, -0.15) is 0 Å². The quantitative estimate of drug-likeness (QED) is 0.803. The zero-order valence-electron chi connectivity index (χ0n) is 11.0. The first-order valence-corrected chi connectivity index (χ1v) is 6.31. The van der Waals surface area contributed by atoms with Crippen LogP contribution in [-0.4, -0.2) is 52.8 Å².